The fourth-order valence-corrected chi connectivity index (χ4v) is 4.55. The van der Waals surface area contributed by atoms with Crippen LogP contribution in [0.2, 0.25) is 0 Å². The van der Waals surface area contributed by atoms with Crippen molar-refractivity contribution in [1.82, 2.24) is 14.8 Å². The molecule has 0 fully saturated rings. The molecule has 5 nitrogen and oxygen atoms in total. The highest BCUT2D eigenvalue weighted by Gasteiger charge is 2.43. The molecule has 0 saturated carbocycles. The van der Waals surface area contributed by atoms with Gasteiger partial charge in [0.05, 0.1) is 12.0 Å². The van der Waals surface area contributed by atoms with E-state index >= 15 is 0 Å². The molecule has 0 aliphatic carbocycles. The Morgan fingerprint density at radius 3 is 2.50 bits per heavy atom. The summed E-state index contributed by atoms with van der Waals surface area (Å²) in [4.78, 5) is 28.4. The number of rotatable bonds is 5. The van der Waals surface area contributed by atoms with E-state index in [4.69, 9.17) is 0 Å². The van der Waals surface area contributed by atoms with E-state index in [2.05, 4.69) is 42.1 Å². The highest BCUT2D eigenvalue weighted by Crippen LogP contribution is 2.44. The van der Waals surface area contributed by atoms with Crippen molar-refractivity contribution in [3.8, 4) is 0 Å². The molecule has 3 aromatic rings. The third-order valence-corrected chi connectivity index (χ3v) is 6.13. The number of carbonyl (C=O) groups excluding carboxylic acids is 2. The van der Waals surface area contributed by atoms with Crippen molar-refractivity contribution in [1.29, 1.82) is 0 Å². The van der Waals surface area contributed by atoms with Crippen LogP contribution in [0.4, 0.5) is 0 Å². The fourth-order valence-electron chi connectivity index (χ4n) is 4.55. The van der Waals surface area contributed by atoms with Gasteiger partial charge in [-0.15, -0.1) is 0 Å². The fraction of sp³-hybridized carbons (Fsp3) is 0.360. The molecule has 1 aliphatic rings. The number of nitrogens with one attached hydrogen (secondary N) is 1. The van der Waals surface area contributed by atoms with Gasteiger partial charge in [-0.3, -0.25) is 9.59 Å². The van der Waals surface area contributed by atoms with Gasteiger partial charge in [0.25, 0.3) is 5.91 Å². The van der Waals surface area contributed by atoms with Crippen LogP contribution >= 0.6 is 0 Å². The molecule has 1 aromatic heterocycles. The largest absolute Gasteiger partial charge is 0.355 e. The first-order valence-electron chi connectivity index (χ1n) is 10.6. The number of hydrogen-bond donors (Lipinski definition) is 1. The van der Waals surface area contributed by atoms with E-state index in [1.165, 1.54) is 0 Å². The molecule has 0 unspecified atom stereocenters. The number of likely N-dealkylation sites (N-methyl/N-ethyl adjacent to an activating group) is 1. The summed E-state index contributed by atoms with van der Waals surface area (Å²) in [6.07, 6.45) is 2.98. The quantitative estimate of drug-likeness (QED) is 0.692. The molecule has 2 atom stereocenters. The van der Waals surface area contributed by atoms with Gasteiger partial charge in [0.2, 0.25) is 5.91 Å². The number of para-hydroxylation sites is 1. The zero-order valence-electron chi connectivity index (χ0n) is 18.1. The average molecular weight is 404 g/mol. The summed E-state index contributed by atoms with van der Waals surface area (Å²) in [5, 5.41) is 4.20. The second kappa shape index (κ2) is 7.98. The van der Waals surface area contributed by atoms with E-state index in [1.54, 1.807) is 11.9 Å². The van der Waals surface area contributed by atoms with Crippen LogP contribution in [0.15, 0.2) is 54.7 Å². The lowest BCUT2D eigenvalue weighted by molar-refractivity contribution is -0.124. The maximum absolute atomic E-state index is 13.5. The van der Waals surface area contributed by atoms with Crippen molar-refractivity contribution in [2.24, 2.45) is 13.0 Å². The number of amides is 2. The zero-order valence-corrected chi connectivity index (χ0v) is 18.1. The van der Waals surface area contributed by atoms with Crippen molar-refractivity contribution >= 4 is 22.7 Å². The van der Waals surface area contributed by atoms with Gasteiger partial charge in [0.15, 0.2) is 0 Å². The Bertz CT molecular complexity index is 1100. The molecule has 30 heavy (non-hydrogen) atoms. The van der Waals surface area contributed by atoms with E-state index < -0.39 is 5.92 Å². The first kappa shape index (κ1) is 20.2. The predicted molar refractivity (Wildman–Crippen MR) is 119 cm³/mol. The van der Waals surface area contributed by atoms with Crippen LogP contribution in [0.5, 0.6) is 0 Å². The molecule has 2 heterocycles. The van der Waals surface area contributed by atoms with Crippen molar-refractivity contribution in [3.05, 3.63) is 71.4 Å². The minimum atomic E-state index is -0.457. The van der Waals surface area contributed by atoms with Crippen LogP contribution in [0.25, 0.3) is 10.9 Å². The summed E-state index contributed by atoms with van der Waals surface area (Å²) in [5.41, 5.74) is 3.51. The van der Waals surface area contributed by atoms with Crippen LogP contribution in [0, 0.1) is 5.92 Å². The molecule has 2 amide bonds. The monoisotopic (exact) mass is 403 g/mol. The molecule has 1 N–H and O–H groups in total. The Hall–Kier alpha value is -3.08. The average Bonchev–Trinajstić information content (AvgIpc) is 3.06. The summed E-state index contributed by atoms with van der Waals surface area (Å²) >= 11 is 0. The second-order valence-electron chi connectivity index (χ2n) is 8.61. The minimum absolute atomic E-state index is 0.0274. The van der Waals surface area contributed by atoms with E-state index in [0.29, 0.717) is 18.0 Å². The van der Waals surface area contributed by atoms with Gasteiger partial charge in [-0.2, -0.15) is 0 Å². The maximum atomic E-state index is 13.5. The van der Waals surface area contributed by atoms with Gasteiger partial charge in [-0.05, 0) is 30.0 Å². The number of aryl methyl sites for hydroxylation is 1. The summed E-state index contributed by atoms with van der Waals surface area (Å²) in [7, 11) is 3.81. The van der Waals surface area contributed by atoms with Crippen LogP contribution < -0.4 is 5.32 Å². The molecule has 0 bridgehead atoms. The van der Waals surface area contributed by atoms with Crippen molar-refractivity contribution in [2.45, 2.75) is 32.2 Å². The SMILES string of the molecule is CC(C)CCNC(=O)[C@H]1c2ccccc2C(=O)N(C)[C@@H]1c1cn(C)c2ccccc12. The summed E-state index contributed by atoms with van der Waals surface area (Å²) < 4.78 is 2.07. The molecule has 156 valence electrons. The summed E-state index contributed by atoms with van der Waals surface area (Å²) in [6, 6.07) is 15.3. The predicted octanol–water partition coefficient (Wildman–Crippen LogP) is 4.25. The number of hydrogen-bond acceptors (Lipinski definition) is 2. The molecule has 0 radical (unpaired) electrons. The van der Waals surface area contributed by atoms with Crippen molar-refractivity contribution in [2.75, 3.05) is 13.6 Å². The molecule has 5 heteroatoms. The van der Waals surface area contributed by atoms with Gasteiger partial charge in [0.1, 0.15) is 0 Å². The molecule has 0 saturated heterocycles. The third-order valence-electron chi connectivity index (χ3n) is 6.13. The zero-order chi connectivity index (χ0) is 21.4. The topological polar surface area (TPSA) is 54.3 Å². The number of benzene rings is 2. The highest BCUT2D eigenvalue weighted by atomic mass is 16.2. The van der Waals surface area contributed by atoms with E-state index in [9.17, 15) is 9.59 Å². The molecule has 0 spiro atoms. The third kappa shape index (κ3) is 3.38. The lowest BCUT2D eigenvalue weighted by Crippen LogP contribution is -2.45. The van der Waals surface area contributed by atoms with Gasteiger partial charge < -0.3 is 14.8 Å². The lowest BCUT2D eigenvalue weighted by atomic mass is 9.79. The highest BCUT2D eigenvalue weighted by molar-refractivity contribution is 6.02. The normalized spacial score (nSPS) is 18.7. The minimum Gasteiger partial charge on any atom is -0.355 e. The molecule has 4 rings (SSSR count). The Morgan fingerprint density at radius 2 is 1.73 bits per heavy atom. The van der Waals surface area contributed by atoms with Gasteiger partial charge >= 0.3 is 0 Å². The maximum Gasteiger partial charge on any atom is 0.254 e. The van der Waals surface area contributed by atoms with E-state index in [1.807, 2.05) is 43.4 Å². The van der Waals surface area contributed by atoms with E-state index in [0.717, 1.165) is 28.5 Å². The summed E-state index contributed by atoms with van der Waals surface area (Å²) in [6.45, 7) is 4.93. The Morgan fingerprint density at radius 1 is 1.03 bits per heavy atom. The molecule has 2 aromatic carbocycles. The number of carbonyl (C=O) groups is 2. The number of fused-ring (bicyclic) bond motifs is 2. The first-order chi connectivity index (χ1) is 14.4. The molecule has 1 aliphatic heterocycles. The van der Waals surface area contributed by atoms with Crippen molar-refractivity contribution in [3.63, 3.8) is 0 Å². The Kier molecular flexibility index (Phi) is 5.37. The van der Waals surface area contributed by atoms with Crippen LogP contribution in [0.3, 0.4) is 0 Å². The van der Waals surface area contributed by atoms with Crippen molar-refractivity contribution < 1.29 is 9.59 Å². The van der Waals surface area contributed by atoms with Gasteiger partial charge in [0, 0.05) is 48.9 Å². The number of nitrogens with zero attached hydrogens (tertiary/aromatic N) is 2. The Labute approximate surface area is 177 Å². The first-order valence-corrected chi connectivity index (χ1v) is 10.6. The van der Waals surface area contributed by atoms with E-state index in [-0.39, 0.29) is 17.9 Å². The molecular formula is C25H29N3O2. The van der Waals surface area contributed by atoms with Crippen LogP contribution in [-0.4, -0.2) is 34.9 Å². The Balaban J connectivity index is 1.84. The van der Waals surface area contributed by atoms with Crippen LogP contribution in [-0.2, 0) is 11.8 Å². The molecular weight excluding hydrogens is 374 g/mol. The lowest BCUT2D eigenvalue weighted by Gasteiger charge is -2.39. The van der Waals surface area contributed by atoms with Gasteiger partial charge in [-0.1, -0.05) is 50.2 Å². The standard InChI is InChI=1S/C25H29N3O2/c1-16(2)13-14-26-24(29)22-18-10-5-6-11-19(18)25(30)28(4)23(22)20-15-27(3)21-12-8-7-9-17(20)21/h5-12,15-16,22-23H,13-14H2,1-4H3,(H,26,29)/t22-,23+/m0/s1. The number of aromatic nitrogens is 1. The smallest absolute Gasteiger partial charge is 0.254 e. The summed E-state index contributed by atoms with van der Waals surface area (Å²) in [5.74, 6) is -0.0147. The second-order valence-corrected chi connectivity index (χ2v) is 8.61. The van der Waals surface area contributed by atoms with Gasteiger partial charge in [-0.25, -0.2) is 0 Å². The van der Waals surface area contributed by atoms with Crippen LogP contribution in [0.1, 0.15) is 53.7 Å².